The molecule has 0 amide bonds. The van der Waals surface area contributed by atoms with Crippen molar-refractivity contribution >= 4 is 11.0 Å². The topological polar surface area (TPSA) is 60.0 Å². The van der Waals surface area contributed by atoms with E-state index < -0.39 is 0 Å². The lowest BCUT2D eigenvalue weighted by Crippen LogP contribution is -2.20. The average Bonchev–Trinajstić information content (AvgIpc) is 3.06. The lowest BCUT2D eigenvalue weighted by Gasteiger charge is -2.16. The minimum absolute atomic E-state index is 0.790. The molecule has 0 radical (unpaired) electrons. The fraction of sp³-hybridized carbons (Fsp3) is 0.357. The monoisotopic (exact) mass is 271 g/mol. The maximum atomic E-state index is 4.71. The number of hydrogen-bond donors (Lipinski definition) is 0. The van der Waals surface area contributed by atoms with Gasteiger partial charge in [-0.2, -0.15) is 0 Å². The molecule has 3 rings (SSSR count). The normalized spacial score (nSPS) is 11.6. The summed E-state index contributed by atoms with van der Waals surface area (Å²) in [7, 11) is 2.08. The van der Waals surface area contributed by atoms with Crippen LogP contribution >= 0.6 is 0 Å². The van der Waals surface area contributed by atoms with Crippen LogP contribution in [-0.2, 0) is 19.6 Å². The Balaban J connectivity index is 1.70. The number of rotatable bonds is 5. The molecule has 0 fully saturated rings. The second kappa shape index (κ2) is 5.42. The van der Waals surface area contributed by atoms with Gasteiger partial charge in [0.05, 0.1) is 6.54 Å². The van der Waals surface area contributed by atoms with E-state index in [-0.39, 0.29) is 0 Å². The summed E-state index contributed by atoms with van der Waals surface area (Å²) >= 11 is 0. The SMILES string of the molecule is CCn1ccnc1CN(C)Cc1ccc2nonc2c1. The quantitative estimate of drug-likeness (QED) is 0.711. The molecule has 0 aliphatic heterocycles. The lowest BCUT2D eigenvalue weighted by atomic mass is 10.2. The Labute approximate surface area is 117 Å². The predicted octanol–water partition coefficient (Wildman–Crippen LogP) is 2.07. The first-order chi connectivity index (χ1) is 9.76. The van der Waals surface area contributed by atoms with Crippen molar-refractivity contribution in [1.29, 1.82) is 0 Å². The first-order valence-electron chi connectivity index (χ1n) is 6.66. The van der Waals surface area contributed by atoms with Crippen molar-refractivity contribution in [2.24, 2.45) is 0 Å². The van der Waals surface area contributed by atoms with Crippen molar-refractivity contribution in [3.05, 3.63) is 42.0 Å². The highest BCUT2D eigenvalue weighted by Gasteiger charge is 2.08. The molecule has 2 heterocycles. The molecule has 104 valence electrons. The van der Waals surface area contributed by atoms with Crippen molar-refractivity contribution in [3.8, 4) is 0 Å². The predicted molar refractivity (Wildman–Crippen MR) is 74.9 cm³/mol. The van der Waals surface area contributed by atoms with E-state index in [9.17, 15) is 0 Å². The van der Waals surface area contributed by atoms with Gasteiger partial charge in [0, 0.05) is 25.5 Å². The number of aryl methyl sites for hydroxylation is 1. The highest BCUT2D eigenvalue weighted by Crippen LogP contribution is 2.13. The number of hydrogen-bond acceptors (Lipinski definition) is 5. The Kier molecular flexibility index (Phi) is 3.47. The zero-order chi connectivity index (χ0) is 13.9. The Bertz CT molecular complexity index is 702. The third-order valence-corrected chi connectivity index (χ3v) is 3.32. The van der Waals surface area contributed by atoms with Gasteiger partial charge in [-0.1, -0.05) is 6.07 Å². The average molecular weight is 271 g/mol. The van der Waals surface area contributed by atoms with E-state index in [4.69, 9.17) is 4.63 Å². The van der Waals surface area contributed by atoms with Gasteiger partial charge >= 0.3 is 0 Å². The van der Waals surface area contributed by atoms with Crippen LogP contribution in [0.1, 0.15) is 18.3 Å². The number of benzene rings is 1. The van der Waals surface area contributed by atoms with Gasteiger partial charge in [-0.15, -0.1) is 0 Å². The molecule has 0 aliphatic rings. The van der Waals surface area contributed by atoms with Crippen LogP contribution in [0.15, 0.2) is 35.2 Å². The largest absolute Gasteiger partial charge is 0.334 e. The Morgan fingerprint density at radius 3 is 2.90 bits per heavy atom. The van der Waals surface area contributed by atoms with Crippen LogP contribution in [0.3, 0.4) is 0 Å². The molecule has 0 spiro atoms. The zero-order valence-electron chi connectivity index (χ0n) is 11.7. The molecule has 20 heavy (non-hydrogen) atoms. The first-order valence-corrected chi connectivity index (χ1v) is 6.66. The van der Waals surface area contributed by atoms with Gasteiger partial charge in [-0.3, -0.25) is 4.90 Å². The fourth-order valence-corrected chi connectivity index (χ4v) is 2.31. The van der Waals surface area contributed by atoms with Gasteiger partial charge in [-0.05, 0) is 42.0 Å². The fourth-order valence-electron chi connectivity index (χ4n) is 2.31. The molecule has 0 bridgehead atoms. The number of imidazole rings is 1. The Morgan fingerprint density at radius 1 is 1.20 bits per heavy atom. The summed E-state index contributed by atoms with van der Waals surface area (Å²) in [4.78, 5) is 6.62. The van der Waals surface area contributed by atoms with Crippen LogP contribution in [-0.4, -0.2) is 31.8 Å². The van der Waals surface area contributed by atoms with Crippen LogP contribution in [0.25, 0.3) is 11.0 Å². The van der Waals surface area contributed by atoms with Crippen LogP contribution in [0.5, 0.6) is 0 Å². The summed E-state index contributed by atoms with van der Waals surface area (Å²) in [5, 5.41) is 7.68. The highest BCUT2D eigenvalue weighted by molar-refractivity contribution is 5.73. The summed E-state index contributed by atoms with van der Waals surface area (Å²) in [6.07, 6.45) is 3.86. The highest BCUT2D eigenvalue weighted by atomic mass is 16.6. The number of aromatic nitrogens is 4. The molecule has 1 aromatic carbocycles. The van der Waals surface area contributed by atoms with Crippen molar-refractivity contribution in [1.82, 2.24) is 24.8 Å². The summed E-state index contributed by atoms with van der Waals surface area (Å²) in [5.41, 5.74) is 2.77. The molecule has 2 aromatic heterocycles. The van der Waals surface area contributed by atoms with Gasteiger partial charge < -0.3 is 4.57 Å². The van der Waals surface area contributed by atoms with E-state index in [1.165, 1.54) is 5.56 Å². The molecular formula is C14H17N5O. The summed E-state index contributed by atoms with van der Waals surface area (Å²) in [6.45, 7) is 4.71. The van der Waals surface area contributed by atoms with E-state index in [2.05, 4.69) is 44.8 Å². The van der Waals surface area contributed by atoms with Crippen molar-refractivity contribution in [2.45, 2.75) is 26.6 Å². The van der Waals surface area contributed by atoms with Gasteiger partial charge in [-0.25, -0.2) is 9.61 Å². The van der Waals surface area contributed by atoms with E-state index >= 15 is 0 Å². The molecule has 0 atom stereocenters. The minimum atomic E-state index is 0.790. The summed E-state index contributed by atoms with van der Waals surface area (Å²) in [6, 6.07) is 5.99. The third-order valence-electron chi connectivity index (χ3n) is 3.32. The smallest absolute Gasteiger partial charge is 0.135 e. The molecular weight excluding hydrogens is 254 g/mol. The van der Waals surface area contributed by atoms with Gasteiger partial charge in [0.15, 0.2) is 0 Å². The van der Waals surface area contributed by atoms with Gasteiger partial charge in [0.2, 0.25) is 0 Å². The second-order valence-corrected chi connectivity index (χ2v) is 4.89. The zero-order valence-corrected chi connectivity index (χ0v) is 11.7. The van der Waals surface area contributed by atoms with Crippen molar-refractivity contribution in [3.63, 3.8) is 0 Å². The maximum Gasteiger partial charge on any atom is 0.135 e. The third kappa shape index (κ3) is 2.55. The molecule has 6 nitrogen and oxygen atoms in total. The minimum Gasteiger partial charge on any atom is -0.334 e. The van der Waals surface area contributed by atoms with Crippen molar-refractivity contribution < 1.29 is 4.63 Å². The molecule has 6 heteroatoms. The second-order valence-electron chi connectivity index (χ2n) is 4.89. The van der Waals surface area contributed by atoms with Crippen LogP contribution < -0.4 is 0 Å². The number of fused-ring (bicyclic) bond motifs is 1. The molecule has 0 aliphatic carbocycles. The number of nitrogens with zero attached hydrogens (tertiary/aromatic N) is 5. The van der Waals surface area contributed by atoms with Gasteiger partial charge in [0.25, 0.3) is 0 Å². The van der Waals surface area contributed by atoms with E-state index in [0.29, 0.717) is 0 Å². The van der Waals surface area contributed by atoms with Crippen LogP contribution in [0, 0.1) is 0 Å². The molecule has 0 saturated heterocycles. The maximum absolute atomic E-state index is 4.71. The van der Waals surface area contributed by atoms with E-state index in [1.807, 2.05) is 24.5 Å². The summed E-state index contributed by atoms with van der Waals surface area (Å²) < 4.78 is 6.87. The van der Waals surface area contributed by atoms with Crippen LogP contribution in [0.4, 0.5) is 0 Å². The van der Waals surface area contributed by atoms with Gasteiger partial charge in [0.1, 0.15) is 16.9 Å². The molecule has 0 unspecified atom stereocenters. The molecule has 0 saturated carbocycles. The van der Waals surface area contributed by atoms with E-state index in [0.717, 1.165) is 36.5 Å². The first kappa shape index (κ1) is 12.8. The standard InChI is InChI=1S/C14H17N5O/c1-3-19-7-6-15-14(19)10-18(2)9-11-4-5-12-13(8-11)17-20-16-12/h4-8H,3,9-10H2,1-2H3. The van der Waals surface area contributed by atoms with Crippen LogP contribution in [0.2, 0.25) is 0 Å². The summed E-state index contributed by atoms with van der Waals surface area (Å²) in [5.74, 6) is 1.08. The Morgan fingerprint density at radius 2 is 2.05 bits per heavy atom. The Hall–Kier alpha value is -2.21. The lowest BCUT2D eigenvalue weighted by molar-refractivity contribution is 0.305. The van der Waals surface area contributed by atoms with E-state index in [1.54, 1.807) is 0 Å². The molecule has 3 aromatic rings. The molecule has 0 N–H and O–H groups in total. The van der Waals surface area contributed by atoms with Crippen molar-refractivity contribution in [2.75, 3.05) is 7.05 Å².